The summed E-state index contributed by atoms with van der Waals surface area (Å²) in [5, 5.41) is 2.76. The summed E-state index contributed by atoms with van der Waals surface area (Å²) in [4.78, 5) is 12.6. The van der Waals surface area contributed by atoms with Gasteiger partial charge in [0.1, 0.15) is 5.75 Å². The fraction of sp³-hybridized carbons (Fsp3) is 0.136. The van der Waals surface area contributed by atoms with Crippen LogP contribution in [0.15, 0.2) is 76.1 Å². The molecule has 0 unspecified atom stereocenters. The number of para-hydroxylation sites is 1. The van der Waals surface area contributed by atoms with Crippen molar-refractivity contribution in [3.63, 3.8) is 0 Å². The zero-order valence-electron chi connectivity index (χ0n) is 16.5. The minimum atomic E-state index is -3.82. The Morgan fingerprint density at radius 3 is 2.37 bits per heavy atom. The summed E-state index contributed by atoms with van der Waals surface area (Å²) in [6.07, 6.45) is 0.108. The van der Waals surface area contributed by atoms with Gasteiger partial charge >= 0.3 is 0 Å². The Morgan fingerprint density at radius 1 is 1.00 bits per heavy atom. The zero-order chi connectivity index (χ0) is 21.7. The monoisotopic (exact) mass is 488 g/mol. The zero-order valence-corrected chi connectivity index (χ0v) is 18.9. The Bertz CT molecular complexity index is 1160. The van der Waals surface area contributed by atoms with Crippen LogP contribution in [0.2, 0.25) is 0 Å². The summed E-state index contributed by atoms with van der Waals surface area (Å²) >= 11 is 3.32. The van der Waals surface area contributed by atoms with Gasteiger partial charge < -0.3 is 10.1 Å². The van der Waals surface area contributed by atoms with E-state index >= 15 is 0 Å². The summed E-state index contributed by atoms with van der Waals surface area (Å²) in [6, 6.07) is 18.9. The van der Waals surface area contributed by atoms with Gasteiger partial charge in [-0.25, -0.2) is 8.42 Å². The minimum Gasteiger partial charge on any atom is -0.496 e. The molecule has 156 valence electrons. The van der Waals surface area contributed by atoms with Gasteiger partial charge in [0.05, 0.1) is 18.4 Å². The fourth-order valence-electron chi connectivity index (χ4n) is 2.92. The van der Waals surface area contributed by atoms with Gasteiger partial charge in [-0.1, -0.05) is 40.2 Å². The van der Waals surface area contributed by atoms with Crippen LogP contribution < -0.4 is 14.8 Å². The van der Waals surface area contributed by atoms with Crippen LogP contribution in [-0.4, -0.2) is 21.4 Å². The molecule has 2 N–H and O–H groups in total. The van der Waals surface area contributed by atoms with Gasteiger partial charge in [0.2, 0.25) is 5.91 Å². The molecule has 0 heterocycles. The molecule has 0 radical (unpaired) electrons. The summed E-state index contributed by atoms with van der Waals surface area (Å²) in [6.45, 7) is 1.70. The molecule has 0 spiro atoms. The number of amides is 1. The van der Waals surface area contributed by atoms with Crippen molar-refractivity contribution < 1.29 is 17.9 Å². The van der Waals surface area contributed by atoms with Crippen LogP contribution in [0.5, 0.6) is 5.75 Å². The van der Waals surface area contributed by atoms with Crippen molar-refractivity contribution in [2.24, 2.45) is 0 Å². The highest BCUT2D eigenvalue weighted by Crippen LogP contribution is 2.24. The van der Waals surface area contributed by atoms with Gasteiger partial charge in [-0.3, -0.25) is 9.52 Å². The molecular formula is C22H21BrN2O4S. The molecule has 3 aromatic rings. The van der Waals surface area contributed by atoms with E-state index in [2.05, 4.69) is 26.0 Å². The lowest BCUT2D eigenvalue weighted by atomic mass is 10.1. The molecule has 6 nitrogen and oxygen atoms in total. The molecule has 1 amide bonds. The number of sulfonamides is 1. The Balaban J connectivity index is 1.79. The van der Waals surface area contributed by atoms with Crippen molar-refractivity contribution in [3.8, 4) is 5.75 Å². The molecule has 0 atom stereocenters. The van der Waals surface area contributed by atoms with Crippen molar-refractivity contribution in [3.05, 3.63) is 82.3 Å². The van der Waals surface area contributed by atoms with E-state index in [1.807, 2.05) is 18.2 Å². The summed E-state index contributed by atoms with van der Waals surface area (Å²) < 4.78 is 34.4. The molecule has 0 bridgehead atoms. The average Bonchev–Trinajstić information content (AvgIpc) is 2.71. The molecule has 30 heavy (non-hydrogen) atoms. The van der Waals surface area contributed by atoms with E-state index < -0.39 is 10.0 Å². The molecule has 0 saturated heterocycles. The molecule has 3 aromatic carbocycles. The summed E-state index contributed by atoms with van der Waals surface area (Å²) in [5.74, 6) is 0.353. The Kier molecular flexibility index (Phi) is 6.79. The van der Waals surface area contributed by atoms with Crippen molar-refractivity contribution in [1.29, 1.82) is 0 Å². The maximum absolute atomic E-state index is 12.9. The number of methoxy groups -OCH3 is 1. The van der Waals surface area contributed by atoms with Crippen molar-refractivity contribution in [1.82, 2.24) is 0 Å². The first-order valence-electron chi connectivity index (χ1n) is 9.09. The van der Waals surface area contributed by atoms with E-state index in [1.165, 1.54) is 6.07 Å². The second kappa shape index (κ2) is 9.32. The Labute approximate surface area is 184 Å². The van der Waals surface area contributed by atoms with E-state index in [0.29, 0.717) is 22.7 Å². The third-order valence-electron chi connectivity index (χ3n) is 4.40. The number of aryl methyl sites for hydroxylation is 1. The van der Waals surface area contributed by atoms with E-state index in [1.54, 1.807) is 56.5 Å². The molecule has 0 fully saturated rings. The molecule has 0 aliphatic rings. The van der Waals surface area contributed by atoms with Crippen LogP contribution in [0.3, 0.4) is 0 Å². The first kappa shape index (κ1) is 21.9. The number of anilines is 2. The van der Waals surface area contributed by atoms with Gasteiger partial charge in [0.15, 0.2) is 0 Å². The van der Waals surface area contributed by atoms with Crippen LogP contribution in [0.25, 0.3) is 0 Å². The lowest BCUT2D eigenvalue weighted by Gasteiger charge is -2.13. The van der Waals surface area contributed by atoms with Crippen LogP contribution in [0.4, 0.5) is 11.4 Å². The number of carbonyl (C=O) groups excluding carboxylic acids is 1. The third kappa shape index (κ3) is 5.40. The normalized spacial score (nSPS) is 11.0. The predicted molar refractivity (Wildman–Crippen MR) is 121 cm³/mol. The van der Waals surface area contributed by atoms with Gasteiger partial charge in [-0.05, 0) is 55.0 Å². The number of ether oxygens (including phenoxy) is 1. The summed E-state index contributed by atoms with van der Waals surface area (Å²) in [7, 11) is -2.27. The highest BCUT2D eigenvalue weighted by molar-refractivity contribution is 9.10. The Morgan fingerprint density at radius 2 is 1.67 bits per heavy atom. The van der Waals surface area contributed by atoms with E-state index in [0.717, 1.165) is 10.0 Å². The summed E-state index contributed by atoms with van der Waals surface area (Å²) in [5.41, 5.74) is 2.16. The first-order chi connectivity index (χ1) is 14.3. The largest absolute Gasteiger partial charge is 0.496 e. The maximum Gasteiger partial charge on any atom is 0.262 e. The molecule has 0 saturated carbocycles. The molecular weight excluding hydrogens is 468 g/mol. The molecule has 0 aromatic heterocycles. The molecule has 0 aliphatic heterocycles. The van der Waals surface area contributed by atoms with Crippen LogP contribution in [-0.2, 0) is 21.2 Å². The topological polar surface area (TPSA) is 84.5 Å². The number of carbonyl (C=O) groups is 1. The predicted octanol–water partition coefficient (Wildman–Crippen LogP) is 4.75. The third-order valence-corrected chi connectivity index (χ3v) is 6.45. The average molecular weight is 489 g/mol. The first-order valence-corrected chi connectivity index (χ1v) is 11.4. The Hall–Kier alpha value is -2.84. The maximum atomic E-state index is 12.9. The number of nitrogens with one attached hydrogen (secondary N) is 2. The number of hydrogen-bond acceptors (Lipinski definition) is 4. The standard InChI is InChI=1S/C22H21BrN2O4S/c1-15-7-10-19(24-22(26)13-16-5-3-4-6-20(16)29-2)14-21(15)30(27,28)25-18-11-8-17(23)9-12-18/h3-12,14,25H,13H2,1-2H3,(H,24,26). The lowest BCUT2D eigenvalue weighted by molar-refractivity contribution is -0.115. The number of halogens is 1. The van der Waals surface area contributed by atoms with E-state index in [9.17, 15) is 13.2 Å². The van der Waals surface area contributed by atoms with Crippen LogP contribution >= 0.6 is 15.9 Å². The van der Waals surface area contributed by atoms with Crippen molar-refractivity contribution in [2.45, 2.75) is 18.2 Å². The van der Waals surface area contributed by atoms with Gasteiger partial charge in [-0.2, -0.15) is 0 Å². The van der Waals surface area contributed by atoms with Crippen LogP contribution in [0, 0.1) is 6.92 Å². The molecule has 3 rings (SSSR count). The van der Waals surface area contributed by atoms with Gasteiger partial charge in [-0.15, -0.1) is 0 Å². The van der Waals surface area contributed by atoms with Gasteiger partial charge in [0, 0.05) is 21.4 Å². The highest BCUT2D eigenvalue weighted by Gasteiger charge is 2.18. The van der Waals surface area contributed by atoms with Crippen molar-refractivity contribution in [2.75, 3.05) is 17.1 Å². The SMILES string of the molecule is COc1ccccc1CC(=O)Nc1ccc(C)c(S(=O)(=O)Nc2ccc(Br)cc2)c1. The second-order valence-electron chi connectivity index (χ2n) is 6.63. The van der Waals surface area contributed by atoms with Gasteiger partial charge in [0.25, 0.3) is 10.0 Å². The number of rotatable bonds is 7. The van der Waals surface area contributed by atoms with Crippen LogP contribution in [0.1, 0.15) is 11.1 Å². The molecule has 0 aliphatic carbocycles. The molecule has 8 heteroatoms. The van der Waals surface area contributed by atoms with E-state index in [4.69, 9.17) is 4.74 Å². The van der Waals surface area contributed by atoms with Crippen molar-refractivity contribution >= 4 is 43.2 Å². The quantitative estimate of drug-likeness (QED) is 0.502. The number of hydrogen-bond donors (Lipinski definition) is 2. The minimum absolute atomic E-state index is 0.0977. The fourth-order valence-corrected chi connectivity index (χ4v) is 4.52. The lowest BCUT2D eigenvalue weighted by Crippen LogP contribution is -2.17. The smallest absolute Gasteiger partial charge is 0.262 e. The highest BCUT2D eigenvalue weighted by atomic mass is 79.9. The number of benzene rings is 3. The second-order valence-corrected chi connectivity index (χ2v) is 9.20. The van der Waals surface area contributed by atoms with E-state index in [-0.39, 0.29) is 17.2 Å².